The number of nitrogens with zero attached hydrogens (tertiary/aromatic N) is 2. The highest BCUT2D eigenvalue weighted by molar-refractivity contribution is 5.97. The van der Waals surface area contributed by atoms with Crippen molar-refractivity contribution < 1.29 is 27.8 Å². The van der Waals surface area contributed by atoms with Crippen molar-refractivity contribution in [1.82, 2.24) is 4.90 Å². The van der Waals surface area contributed by atoms with Crippen LogP contribution in [0.4, 0.5) is 18.9 Å². The average molecular weight is 464 g/mol. The van der Waals surface area contributed by atoms with Crippen LogP contribution in [-0.4, -0.2) is 42.1 Å². The zero-order valence-corrected chi connectivity index (χ0v) is 18.8. The number of hydrogen-bond donors (Lipinski definition) is 2. The minimum Gasteiger partial charge on any atom is -0.506 e. The molecule has 2 atom stereocenters. The second-order valence-electron chi connectivity index (χ2n) is 8.54. The summed E-state index contributed by atoms with van der Waals surface area (Å²) in [7, 11) is 1.26. The van der Waals surface area contributed by atoms with Gasteiger partial charge in [-0.15, -0.1) is 0 Å². The number of hydrogen-bond acceptors (Lipinski definition) is 4. The van der Waals surface area contributed by atoms with E-state index in [1.54, 1.807) is 6.07 Å². The number of anilines is 1. The molecule has 2 aromatic carbocycles. The number of aliphatic imine (C=N–C) groups is 1. The summed E-state index contributed by atoms with van der Waals surface area (Å²) in [5, 5.41) is 13.4. The largest absolute Gasteiger partial charge is 0.506 e. The Bertz CT molecular complexity index is 1010. The highest BCUT2D eigenvalue weighted by Gasteiger charge is 2.30. The molecule has 0 amide bonds. The number of benzene rings is 2. The molecule has 2 unspecified atom stereocenters. The lowest BCUT2D eigenvalue weighted by atomic mass is 9.92. The molecule has 6 nitrogen and oxygen atoms in total. The molecular formula is C24H28F3N3O3. The fourth-order valence-corrected chi connectivity index (χ4v) is 4.07. The zero-order chi connectivity index (χ0) is 24.2. The Morgan fingerprint density at radius 3 is 2.52 bits per heavy atom. The van der Waals surface area contributed by atoms with E-state index < -0.39 is 17.7 Å². The van der Waals surface area contributed by atoms with Gasteiger partial charge in [-0.05, 0) is 54.2 Å². The maximum Gasteiger partial charge on any atom is 0.416 e. The van der Waals surface area contributed by atoms with E-state index >= 15 is 0 Å². The molecular weight excluding hydrogens is 435 g/mol. The molecule has 0 aliphatic carbocycles. The molecule has 1 heterocycles. The number of likely N-dealkylation sites (tertiary alicyclic amines) is 1. The van der Waals surface area contributed by atoms with Crippen LogP contribution in [-0.2, 0) is 17.5 Å². The van der Waals surface area contributed by atoms with E-state index in [1.807, 2.05) is 4.90 Å². The van der Waals surface area contributed by atoms with E-state index in [2.05, 4.69) is 24.2 Å². The number of halogens is 3. The molecule has 1 aliphatic heterocycles. The number of alkyl halides is 3. The molecule has 0 radical (unpaired) electrons. The normalized spacial score (nSPS) is 19.3. The predicted octanol–water partition coefficient (Wildman–Crippen LogP) is 5.14. The summed E-state index contributed by atoms with van der Waals surface area (Å²) in [5.41, 5.74) is 0.185. The fraction of sp³-hybridized carbons (Fsp3) is 0.417. The maximum absolute atomic E-state index is 13.1. The standard InChI is InChI=1S/C24H28F3N3O3/c1-15-9-16(2)14-30(13-15)23(28-12-17-5-4-6-19(10-17)24(25,26)27)29-20-11-18(22(32)33-3)7-8-21(20)31/h4-8,10-11,15-16,31H,9,12-14H2,1-3H3,(H,28,29). The first kappa shape index (κ1) is 24.4. The molecule has 0 bridgehead atoms. The van der Waals surface area contributed by atoms with Gasteiger partial charge in [-0.2, -0.15) is 13.2 Å². The number of phenols is 1. The van der Waals surface area contributed by atoms with Crippen molar-refractivity contribution >= 4 is 17.6 Å². The lowest BCUT2D eigenvalue weighted by Crippen LogP contribution is -2.45. The number of ether oxygens (including phenoxy) is 1. The Labute approximate surface area is 191 Å². The number of carbonyl (C=O) groups excluding carboxylic acids is 1. The van der Waals surface area contributed by atoms with Crippen molar-refractivity contribution in [3.63, 3.8) is 0 Å². The maximum atomic E-state index is 13.1. The Balaban J connectivity index is 1.93. The van der Waals surface area contributed by atoms with Crippen molar-refractivity contribution in [3.8, 4) is 5.75 Å². The van der Waals surface area contributed by atoms with E-state index in [0.29, 0.717) is 36.4 Å². The first-order valence-corrected chi connectivity index (χ1v) is 10.7. The number of rotatable bonds is 4. The molecule has 3 rings (SSSR count). The van der Waals surface area contributed by atoms with Gasteiger partial charge in [0.2, 0.25) is 0 Å². The third kappa shape index (κ3) is 6.40. The molecule has 33 heavy (non-hydrogen) atoms. The molecule has 1 fully saturated rings. The Hall–Kier alpha value is -3.23. The molecule has 2 aromatic rings. The molecule has 1 saturated heterocycles. The number of carbonyl (C=O) groups is 1. The highest BCUT2D eigenvalue weighted by Crippen LogP contribution is 2.30. The van der Waals surface area contributed by atoms with Gasteiger partial charge in [0, 0.05) is 13.1 Å². The molecule has 178 valence electrons. The summed E-state index contributed by atoms with van der Waals surface area (Å²) in [4.78, 5) is 18.5. The smallest absolute Gasteiger partial charge is 0.416 e. The zero-order valence-electron chi connectivity index (χ0n) is 18.8. The quantitative estimate of drug-likeness (QED) is 0.284. The second kappa shape index (κ2) is 10.1. The number of esters is 1. The van der Waals surface area contributed by atoms with Crippen LogP contribution in [0.2, 0.25) is 0 Å². The third-order valence-electron chi connectivity index (χ3n) is 5.50. The van der Waals surface area contributed by atoms with Crippen LogP contribution >= 0.6 is 0 Å². The molecule has 1 aliphatic rings. The van der Waals surface area contributed by atoms with Gasteiger partial charge in [-0.1, -0.05) is 26.0 Å². The van der Waals surface area contributed by atoms with Crippen LogP contribution in [0.25, 0.3) is 0 Å². The van der Waals surface area contributed by atoms with Gasteiger partial charge in [0.1, 0.15) is 5.75 Å². The summed E-state index contributed by atoms with van der Waals surface area (Å²) in [6, 6.07) is 9.33. The number of methoxy groups -OCH3 is 1. The van der Waals surface area contributed by atoms with Gasteiger partial charge >= 0.3 is 12.1 Å². The van der Waals surface area contributed by atoms with E-state index in [1.165, 1.54) is 31.4 Å². The van der Waals surface area contributed by atoms with Gasteiger partial charge < -0.3 is 20.1 Å². The van der Waals surface area contributed by atoms with Gasteiger partial charge in [0.25, 0.3) is 0 Å². The van der Waals surface area contributed by atoms with Crippen LogP contribution in [0, 0.1) is 11.8 Å². The summed E-state index contributed by atoms with van der Waals surface area (Å²) in [6.07, 6.45) is -3.38. The predicted molar refractivity (Wildman–Crippen MR) is 120 cm³/mol. The molecule has 2 N–H and O–H groups in total. The Morgan fingerprint density at radius 1 is 1.18 bits per heavy atom. The summed E-state index contributed by atoms with van der Waals surface area (Å²) in [6.45, 7) is 5.68. The minimum atomic E-state index is -4.43. The fourth-order valence-electron chi connectivity index (χ4n) is 4.07. The third-order valence-corrected chi connectivity index (χ3v) is 5.50. The summed E-state index contributed by atoms with van der Waals surface area (Å²) < 4.78 is 44.0. The first-order chi connectivity index (χ1) is 15.6. The Morgan fingerprint density at radius 2 is 1.88 bits per heavy atom. The van der Waals surface area contributed by atoms with E-state index in [0.717, 1.165) is 18.6 Å². The number of phenolic OH excluding ortho intramolecular Hbond substituents is 1. The number of piperidine rings is 1. The lowest BCUT2D eigenvalue weighted by molar-refractivity contribution is -0.137. The lowest BCUT2D eigenvalue weighted by Gasteiger charge is -2.37. The SMILES string of the molecule is COC(=O)c1ccc(O)c(NC(=NCc2cccc(C(F)(F)F)c2)N2CC(C)CC(C)C2)c1. The monoisotopic (exact) mass is 463 g/mol. The van der Waals surface area contributed by atoms with Gasteiger partial charge in [-0.3, -0.25) is 0 Å². The molecule has 0 aromatic heterocycles. The van der Waals surface area contributed by atoms with Crippen molar-refractivity contribution in [2.45, 2.75) is 33.0 Å². The van der Waals surface area contributed by atoms with Crippen LogP contribution < -0.4 is 5.32 Å². The summed E-state index contributed by atoms with van der Waals surface area (Å²) in [5.74, 6) is 0.560. The van der Waals surface area contributed by atoms with Gasteiger partial charge in [0.05, 0.1) is 30.5 Å². The minimum absolute atomic E-state index is 0.0168. The number of guanidine groups is 1. The molecule has 9 heteroatoms. The van der Waals surface area contributed by atoms with Crippen molar-refractivity contribution in [1.29, 1.82) is 0 Å². The van der Waals surface area contributed by atoms with Crippen LogP contribution in [0.3, 0.4) is 0 Å². The van der Waals surface area contributed by atoms with Crippen LogP contribution in [0.15, 0.2) is 47.5 Å². The average Bonchev–Trinajstić information content (AvgIpc) is 2.76. The van der Waals surface area contributed by atoms with Crippen LogP contribution in [0.1, 0.15) is 41.8 Å². The van der Waals surface area contributed by atoms with Gasteiger partial charge in [0.15, 0.2) is 5.96 Å². The first-order valence-electron chi connectivity index (χ1n) is 10.7. The van der Waals surface area contributed by atoms with E-state index in [-0.39, 0.29) is 23.5 Å². The van der Waals surface area contributed by atoms with E-state index in [4.69, 9.17) is 4.74 Å². The van der Waals surface area contributed by atoms with Crippen molar-refractivity contribution in [2.24, 2.45) is 16.8 Å². The van der Waals surface area contributed by atoms with Crippen molar-refractivity contribution in [3.05, 3.63) is 59.2 Å². The van der Waals surface area contributed by atoms with E-state index in [9.17, 15) is 23.1 Å². The number of aromatic hydroxyl groups is 1. The van der Waals surface area contributed by atoms with Crippen molar-refractivity contribution in [2.75, 3.05) is 25.5 Å². The molecule has 0 spiro atoms. The molecule has 0 saturated carbocycles. The summed E-state index contributed by atoms with van der Waals surface area (Å²) >= 11 is 0. The Kier molecular flexibility index (Phi) is 7.50. The van der Waals surface area contributed by atoms with Crippen LogP contribution in [0.5, 0.6) is 5.75 Å². The highest BCUT2D eigenvalue weighted by atomic mass is 19.4. The van der Waals surface area contributed by atoms with Gasteiger partial charge in [-0.25, -0.2) is 9.79 Å². The second-order valence-corrected chi connectivity index (χ2v) is 8.54. The number of nitrogens with one attached hydrogen (secondary N) is 1. The topological polar surface area (TPSA) is 74.2 Å².